The van der Waals surface area contributed by atoms with Crippen molar-refractivity contribution < 1.29 is 4.74 Å². The molecule has 0 radical (unpaired) electrons. The number of ether oxygens (including phenoxy) is 1. The maximum atomic E-state index is 5.26. The van der Waals surface area contributed by atoms with Crippen molar-refractivity contribution in [2.45, 2.75) is 31.3 Å². The van der Waals surface area contributed by atoms with Crippen LogP contribution in [0.15, 0.2) is 18.2 Å². The Hall–Kier alpha value is -1.02. The normalized spacial score (nSPS) is 28.6. The number of rotatable bonds is 1. The van der Waals surface area contributed by atoms with Gasteiger partial charge < -0.3 is 10.1 Å². The van der Waals surface area contributed by atoms with Gasteiger partial charge in [-0.3, -0.25) is 0 Å². The van der Waals surface area contributed by atoms with Crippen LogP contribution in [0.4, 0.5) is 0 Å². The molecule has 3 rings (SSSR count). The smallest absolute Gasteiger partial charge is 0.119 e. The van der Waals surface area contributed by atoms with Crippen LogP contribution in [0.2, 0.25) is 0 Å². The molecule has 2 unspecified atom stereocenters. The van der Waals surface area contributed by atoms with Crippen LogP contribution >= 0.6 is 0 Å². The Kier molecular flexibility index (Phi) is 1.77. The summed E-state index contributed by atoms with van der Waals surface area (Å²) in [5.74, 6) is 0.984. The van der Waals surface area contributed by atoms with Gasteiger partial charge in [0.05, 0.1) is 7.11 Å². The van der Waals surface area contributed by atoms with E-state index in [9.17, 15) is 0 Å². The second-order valence-electron chi connectivity index (χ2n) is 4.20. The highest BCUT2D eigenvalue weighted by Crippen LogP contribution is 2.43. The summed E-state index contributed by atoms with van der Waals surface area (Å²) in [5, 5.41) is 3.65. The predicted octanol–water partition coefficient (Wildman–Crippen LogP) is 2.56. The molecule has 0 spiro atoms. The highest BCUT2D eigenvalue weighted by atomic mass is 16.5. The van der Waals surface area contributed by atoms with Crippen LogP contribution in [0.25, 0.3) is 0 Å². The summed E-state index contributed by atoms with van der Waals surface area (Å²) >= 11 is 0. The van der Waals surface area contributed by atoms with E-state index in [1.165, 1.54) is 30.4 Å². The summed E-state index contributed by atoms with van der Waals surface area (Å²) < 4.78 is 5.26. The summed E-state index contributed by atoms with van der Waals surface area (Å²) in [7, 11) is 1.73. The molecule has 14 heavy (non-hydrogen) atoms. The number of fused-ring (bicyclic) bond motifs is 5. The number of methoxy groups -OCH3 is 1. The molecule has 0 aromatic heterocycles. The molecule has 0 saturated carbocycles. The van der Waals surface area contributed by atoms with E-state index in [4.69, 9.17) is 4.74 Å². The van der Waals surface area contributed by atoms with Gasteiger partial charge in [-0.1, -0.05) is 6.07 Å². The van der Waals surface area contributed by atoms with Crippen molar-refractivity contribution in [1.29, 1.82) is 0 Å². The van der Waals surface area contributed by atoms with Gasteiger partial charge in [-0.15, -0.1) is 0 Å². The third-order valence-electron chi connectivity index (χ3n) is 3.43. The van der Waals surface area contributed by atoms with Crippen molar-refractivity contribution in [1.82, 2.24) is 5.32 Å². The van der Waals surface area contributed by atoms with E-state index in [0.717, 1.165) is 5.75 Å². The van der Waals surface area contributed by atoms with Crippen LogP contribution < -0.4 is 10.1 Å². The zero-order valence-corrected chi connectivity index (χ0v) is 8.42. The van der Waals surface area contributed by atoms with Crippen LogP contribution in [-0.4, -0.2) is 7.11 Å². The molecule has 0 aliphatic carbocycles. The number of piperidine rings is 1. The summed E-state index contributed by atoms with van der Waals surface area (Å²) in [5.41, 5.74) is 2.96. The Balaban J connectivity index is 2.08. The van der Waals surface area contributed by atoms with Gasteiger partial charge in [0.1, 0.15) is 5.75 Å². The van der Waals surface area contributed by atoms with E-state index in [0.29, 0.717) is 12.1 Å². The molecule has 1 saturated heterocycles. The molecule has 74 valence electrons. The van der Waals surface area contributed by atoms with Crippen LogP contribution in [-0.2, 0) is 0 Å². The second-order valence-corrected chi connectivity index (χ2v) is 4.20. The van der Waals surface area contributed by atoms with E-state index in [1.54, 1.807) is 7.11 Å². The first-order valence-corrected chi connectivity index (χ1v) is 5.32. The molecular weight excluding hydrogens is 174 g/mol. The summed E-state index contributed by atoms with van der Waals surface area (Å²) in [6.45, 7) is 0. The summed E-state index contributed by atoms with van der Waals surface area (Å²) in [6, 6.07) is 7.67. The Morgan fingerprint density at radius 3 is 2.79 bits per heavy atom. The Morgan fingerprint density at radius 1 is 1.21 bits per heavy atom. The summed E-state index contributed by atoms with van der Waals surface area (Å²) in [6.07, 6.45) is 3.91. The Bertz CT molecular complexity index is 361. The molecule has 2 aliphatic heterocycles. The number of hydrogen-bond donors (Lipinski definition) is 1. The molecule has 2 bridgehead atoms. The van der Waals surface area contributed by atoms with Gasteiger partial charge in [0.25, 0.3) is 0 Å². The molecule has 1 aromatic carbocycles. The molecule has 2 aliphatic rings. The van der Waals surface area contributed by atoms with E-state index in [1.807, 2.05) is 0 Å². The monoisotopic (exact) mass is 189 g/mol. The van der Waals surface area contributed by atoms with Crippen LogP contribution in [0.3, 0.4) is 0 Å². The zero-order valence-electron chi connectivity index (χ0n) is 8.42. The molecule has 0 amide bonds. The average Bonchev–Trinajstić information content (AvgIpc) is 2.51. The van der Waals surface area contributed by atoms with Crippen molar-refractivity contribution >= 4 is 0 Å². The van der Waals surface area contributed by atoms with Crippen molar-refractivity contribution in [2.75, 3.05) is 7.11 Å². The first kappa shape index (κ1) is 8.30. The van der Waals surface area contributed by atoms with Gasteiger partial charge in [-0.2, -0.15) is 0 Å². The lowest BCUT2D eigenvalue weighted by Crippen LogP contribution is -2.22. The van der Waals surface area contributed by atoms with Gasteiger partial charge in [-0.05, 0) is 42.5 Å². The lowest BCUT2D eigenvalue weighted by molar-refractivity contribution is 0.369. The van der Waals surface area contributed by atoms with Crippen molar-refractivity contribution in [3.05, 3.63) is 29.3 Å². The molecule has 2 atom stereocenters. The van der Waals surface area contributed by atoms with E-state index in [-0.39, 0.29) is 0 Å². The SMILES string of the molecule is COc1ccc2c(c1)C1CCCC2N1. The number of hydrogen-bond acceptors (Lipinski definition) is 2. The molecule has 2 nitrogen and oxygen atoms in total. The molecule has 2 heterocycles. The van der Waals surface area contributed by atoms with E-state index in [2.05, 4.69) is 23.5 Å². The number of nitrogens with one attached hydrogen (secondary N) is 1. The topological polar surface area (TPSA) is 21.3 Å². The Morgan fingerprint density at radius 2 is 2.00 bits per heavy atom. The van der Waals surface area contributed by atoms with Gasteiger partial charge in [-0.25, -0.2) is 0 Å². The fourth-order valence-electron chi connectivity index (χ4n) is 2.73. The quantitative estimate of drug-likeness (QED) is 0.733. The third kappa shape index (κ3) is 1.07. The highest BCUT2D eigenvalue weighted by molar-refractivity contribution is 5.43. The lowest BCUT2D eigenvalue weighted by atomic mass is 10.0. The van der Waals surface area contributed by atoms with Gasteiger partial charge >= 0.3 is 0 Å². The summed E-state index contributed by atoms with van der Waals surface area (Å²) in [4.78, 5) is 0. The van der Waals surface area contributed by atoms with Gasteiger partial charge in [0.15, 0.2) is 0 Å². The largest absolute Gasteiger partial charge is 0.497 e. The van der Waals surface area contributed by atoms with E-state index < -0.39 is 0 Å². The predicted molar refractivity (Wildman–Crippen MR) is 55.5 cm³/mol. The Labute approximate surface area is 84.3 Å². The molecule has 1 fully saturated rings. The minimum atomic E-state index is 0.582. The van der Waals surface area contributed by atoms with Crippen LogP contribution in [0, 0.1) is 0 Å². The average molecular weight is 189 g/mol. The van der Waals surface area contributed by atoms with Crippen LogP contribution in [0.1, 0.15) is 42.5 Å². The minimum absolute atomic E-state index is 0.582. The fourth-order valence-corrected chi connectivity index (χ4v) is 2.73. The molecular formula is C12H15NO. The lowest BCUT2D eigenvalue weighted by Gasteiger charge is -2.20. The number of benzene rings is 1. The fraction of sp³-hybridized carbons (Fsp3) is 0.500. The van der Waals surface area contributed by atoms with Crippen LogP contribution in [0.5, 0.6) is 5.75 Å². The van der Waals surface area contributed by atoms with E-state index >= 15 is 0 Å². The second kappa shape index (κ2) is 2.99. The van der Waals surface area contributed by atoms with Crippen molar-refractivity contribution in [2.24, 2.45) is 0 Å². The molecule has 1 aromatic rings. The van der Waals surface area contributed by atoms with Crippen molar-refractivity contribution in [3.8, 4) is 5.75 Å². The van der Waals surface area contributed by atoms with Gasteiger partial charge in [0, 0.05) is 12.1 Å². The first-order chi connectivity index (χ1) is 6.88. The maximum absolute atomic E-state index is 5.26. The third-order valence-corrected chi connectivity index (χ3v) is 3.43. The highest BCUT2D eigenvalue weighted by Gasteiger charge is 2.33. The maximum Gasteiger partial charge on any atom is 0.119 e. The van der Waals surface area contributed by atoms with Gasteiger partial charge in [0.2, 0.25) is 0 Å². The van der Waals surface area contributed by atoms with Crippen molar-refractivity contribution in [3.63, 3.8) is 0 Å². The first-order valence-electron chi connectivity index (χ1n) is 5.32. The standard InChI is InChI=1S/C12H15NO/c1-14-8-5-6-9-10(7-8)12-4-2-3-11(9)13-12/h5-7,11-13H,2-4H2,1H3. The zero-order chi connectivity index (χ0) is 9.54. The minimum Gasteiger partial charge on any atom is -0.497 e. The molecule has 1 N–H and O–H groups in total. The molecule has 2 heteroatoms.